The minimum atomic E-state index is -0.359. The van der Waals surface area contributed by atoms with Crippen LogP contribution in [0.3, 0.4) is 0 Å². The molecule has 2 heterocycles. The summed E-state index contributed by atoms with van der Waals surface area (Å²) in [5, 5.41) is 1.96. The van der Waals surface area contributed by atoms with E-state index in [-0.39, 0.29) is 12.6 Å². The van der Waals surface area contributed by atoms with Crippen molar-refractivity contribution in [1.82, 2.24) is 9.97 Å². The average molecular weight is 302 g/mol. The maximum Gasteiger partial charge on any atom is 0.355 e. The van der Waals surface area contributed by atoms with Crippen LogP contribution in [0.2, 0.25) is 0 Å². The van der Waals surface area contributed by atoms with Crippen LogP contribution in [0.15, 0.2) is 66.9 Å². The van der Waals surface area contributed by atoms with E-state index in [2.05, 4.69) is 9.97 Å². The number of hydrogen-bond acceptors (Lipinski definition) is 3. The van der Waals surface area contributed by atoms with Gasteiger partial charge in [0, 0.05) is 17.0 Å². The van der Waals surface area contributed by atoms with Crippen molar-refractivity contribution in [3.05, 3.63) is 78.1 Å². The number of pyridine rings is 1. The van der Waals surface area contributed by atoms with Crippen LogP contribution in [-0.4, -0.2) is 15.9 Å². The maximum absolute atomic E-state index is 12.3. The highest BCUT2D eigenvalue weighted by Gasteiger charge is 2.12. The van der Waals surface area contributed by atoms with Gasteiger partial charge in [0.1, 0.15) is 12.3 Å². The molecule has 0 atom stereocenters. The lowest BCUT2D eigenvalue weighted by molar-refractivity contribution is 0.0467. The summed E-state index contributed by atoms with van der Waals surface area (Å²) in [7, 11) is 0. The van der Waals surface area contributed by atoms with Crippen LogP contribution in [-0.2, 0) is 11.3 Å². The molecule has 0 bridgehead atoms. The number of nitrogens with zero attached hydrogens (tertiary/aromatic N) is 1. The van der Waals surface area contributed by atoms with Crippen LogP contribution in [0.25, 0.3) is 21.8 Å². The van der Waals surface area contributed by atoms with Gasteiger partial charge in [-0.25, -0.2) is 4.79 Å². The molecular formula is C19H14N2O2. The molecular weight excluding hydrogens is 288 g/mol. The first-order chi connectivity index (χ1) is 11.3. The van der Waals surface area contributed by atoms with Crippen LogP contribution in [0.4, 0.5) is 0 Å². The monoisotopic (exact) mass is 302 g/mol. The second kappa shape index (κ2) is 5.57. The molecule has 112 valence electrons. The average Bonchev–Trinajstić information content (AvgIpc) is 3.05. The molecule has 0 aliphatic rings. The van der Waals surface area contributed by atoms with Crippen molar-refractivity contribution < 1.29 is 9.53 Å². The number of ether oxygens (including phenoxy) is 1. The van der Waals surface area contributed by atoms with Crippen molar-refractivity contribution in [1.29, 1.82) is 0 Å². The number of nitrogens with one attached hydrogen (secondary N) is 1. The Bertz CT molecular complexity index is 990. The van der Waals surface area contributed by atoms with E-state index in [1.807, 2.05) is 60.7 Å². The van der Waals surface area contributed by atoms with Crippen LogP contribution in [0, 0.1) is 0 Å². The van der Waals surface area contributed by atoms with E-state index in [1.54, 1.807) is 6.20 Å². The van der Waals surface area contributed by atoms with E-state index in [0.717, 1.165) is 27.4 Å². The van der Waals surface area contributed by atoms with Gasteiger partial charge in [0.15, 0.2) is 0 Å². The zero-order valence-corrected chi connectivity index (χ0v) is 12.3. The predicted octanol–water partition coefficient (Wildman–Crippen LogP) is 4.07. The molecule has 0 unspecified atom stereocenters. The summed E-state index contributed by atoms with van der Waals surface area (Å²) < 4.78 is 5.37. The first-order valence-corrected chi connectivity index (χ1v) is 7.39. The second-order valence-corrected chi connectivity index (χ2v) is 5.34. The Morgan fingerprint density at radius 2 is 1.91 bits per heavy atom. The van der Waals surface area contributed by atoms with Crippen LogP contribution in [0.1, 0.15) is 16.1 Å². The van der Waals surface area contributed by atoms with Crippen molar-refractivity contribution >= 4 is 27.8 Å². The SMILES string of the molecule is O=C(OCc1ccccc1)c1cc2ccc3ncccc3c2[nH]1. The molecule has 0 fully saturated rings. The van der Waals surface area contributed by atoms with Gasteiger partial charge < -0.3 is 9.72 Å². The van der Waals surface area contributed by atoms with Gasteiger partial charge in [0.05, 0.1) is 11.0 Å². The number of benzene rings is 2. The van der Waals surface area contributed by atoms with E-state index in [0.29, 0.717) is 5.69 Å². The molecule has 0 saturated carbocycles. The lowest BCUT2D eigenvalue weighted by atomic mass is 10.1. The number of H-pyrrole nitrogens is 1. The number of esters is 1. The van der Waals surface area contributed by atoms with Crippen molar-refractivity contribution in [2.45, 2.75) is 6.61 Å². The summed E-state index contributed by atoms with van der Waals surface area (Å²) >= 11 is 0. The highest BCUT2D eigenvalue weighted by molar-refractivity contribution is 6.07. The van der Waals surface area contributed by atoms with Gasteiger partial charge >= 0.3 is 5.97 Å². The number of rotatable bonds is 3. The van der Waals surface area contributed by atoms with E-state index in [4.69, 9.17) is 4.74 Å². The van der Waals surface area contributed by atoms with Gasteiger partial charge in [-0.3, -0.25) is 4.98 Å². The molecule has 0 spiro atoms. The van der Waals surface area contributed by atoms with Gasteiger partial charge in [0.2, 0.25) is 0 Å². The second-order valence-electron chi connectivity index (χ2n) is 5.34. The molecule has 0 radical (unpaired) electrons. The number of fused-ring (bicyclic) bond motifs is 3. The molecule has 23 heavy (non-hydrogen) atoms. The van der Waals surface area contributed by atoms with Crippen LogP contribution >= 0.6 is 0 Å². The van der Waals surface area contributed by atoms with Crippen LogP contribution in [0.5, 0.6) is 0 Å². The first kappa shape index (κ1) is 13.5. The molecule has 1 N–H and O–H groups in total. The van der Waals surface area contributed by atoms with E-state index in [1.165, 1.54) is 0 Å². The molecule has 2 aromatic carbocycles. The number of carbonyl (C=O) groups excluding carboxylic acids is 1. The smallest absolute Gasteiger partial charge is 0.355 e. The third kappa shape index (κ3) is 2.55. The summed E-state index contributed by atoms with van der Waals surface area (Å²) in [4.78, 5) is 19.7. The summed E-state index contributed by atoms with van der Waals surface area (Å²) in [5.41, 5.74) is 3.22. The Hall–Kier alpha value is -3.14. The predicted molar refractivity (Wildman–Crippen MR) is 89.2 cm³/mol. The van der Waals surface area contributed by atoms with Crippen molar-refractivity contribution in [3.63, 3.8) is 0 Å². The van der Waals surface area contributed by atoms with E-state index in [9.17, 15) is 4.79 Å². The quantitative estimate of drug-likeness (QED) is 0.580. The number of aromatic amines is 1. The number of aromatic nitrogens is 2. The third-order valence-electron chi connectivity index (χ3n) is 3.81. The molecule has 4 heteroatoms. The Balaban J connectivity index is 1.63. The van der Waals surface area contributed by atoms with Gasteiger partial charge in [-0.2, -0.15) is 0 Å². The topological polar surface area (TPSA) is 55.0 Å². The Kier molecular flexibility index (Phi) is 3.27. The van der Waals surface area contributed by atoms with Crippen molar-refractivity contribution in [2.24, 2.45) is 0 Å². The molecule has 0 amide bonds. The van der Waals surface area contributed by atoms with Gasteiger partial charge in [0.25, 0.3) is 0 Å². The molecule has 0 aliphatic carbocycles. The summed E-state index contributed by atoms with van der Waals surface area (Å²) in [6.45, 7) is 0.261. The third-order valence-corrected chi connectivity index (χ3v) is 3.81. The highest BCUT2D eigenvalue weighted by Crippen LogP contribution is 2.24. The fourth-order valence-corrected chi connectivity index (χ4v) is 2.67. The molecule has 0 aliphatic heterocycles. The standard InChI is InChI=1S/C19H14N2O2/c22-19(23-12-13-5-2-1-3-6-13)17-11-14-8-9-16-15(18(14)21-17)7-4-10-20-16/h1-11,21H,12H2. The van der Waals surface area contributed by atoms with Gasteiger partial charge in [-0.15, -0.1) is 0 Å². The fourth-order valence-electron chi connectivity index (χ4n) is 2.67. The molecule has 4 aromatic rings. The Morgan fingerprint density at radius 3 is 2.78 bits per heavy atom. The number of carbonyl (C=O) groups is 1. The van der Waals surface area contributed by atoms with Gasteiger partial charge in [-0.05, 0) is 29.8 Å². The number of hydrogen-bond donors (Lipinski definition) is 1. The lowest BCUT2D eigenvalue weighted by Crippen LogP contribution is -2.05. The highest BCUT2D eigenvalue weighted by atomic mass is 16.5. The van der Waals surface area contributed by atoms with Crippen molar-refractivity contribution in [3.8, 4) is 0 Å². The van der Waals surface area contributed by atoms with E-state index < -0.39 is 0 Å². The van der Waals surface area contributed by atoms with Crippen LogP contribution < -0.4 is 0 Å². The minimum absolute atomic E-state index is 0.261. The summed E-state index contributed by atoms with van der Waals surface area (Å²) in [6, 6.07) is 19.2. The largest absolute Gasteiger partial charge is 0.456 e. The van der Waals surface area contributed by atoms with Crippen molar-refractivity contribution in [2.75, 3.05) is 0 Å². The first-order valence-electron chi connectivity index (χ1n) is 7.39. The van der Waals surface area contributed by atoms with E-state index >= 15 is 0 Å². The summed E-state index contributed by atoms with van der Waals surface area (Å²) in [5.74, 6) is -0.359. The maximum atomic E-state index is 12.3. The zero-order valence-electron chi connectivity index (χ0n) is 12.3. The molecule has 0 saturated heterocycles. The molecule has 4 rings (SSSR count). The fraction of sp³-hybridized carbons (Fsp3) is 0.0526. The summed E-state index contributed by atoms with van der Waals surface area (Å²) in [6.07, 6.45) is 1.76. The zero-order chi connectivity index (χ0) is 15.6. The Labute approximate surface area is 132 Å². The van der Waals surface area contributed by atoms with Gasteiger partial charge in [-0.1, -0.05) is 36.4 Å². The minimum Gasteiger partial charge on any atom is -0.456 e. The molecule has 4 nitrogen and oxygen atoms in total. The normalized spacial score (nSPS) is 11.0. The Morgan fingerprint density at radius 1 is 1.04 bits per heavy atom. The molecule has 2 aromatic heterocycles. The lowest BCUT2D eigenvalue weighted by Gasteiger charge is -2.03.